The summed E-state index contributed by atoms with van der Waals surface area (Å²) in [6.45, 7) is 0.256. The topological polar surface area (TPSA) is 72.9 Å². The van der Waals surface area contributed by atoms with E-state index in [-0.39, 0.29) is 30.0 Å². The van der Waals surface area contributed by atoms with Gasteiger partial charge in [0.15, 0.2) is 21.3 Å². The zero-order valence-electron chi connectivity index (χ0n) is 15.7. The standard InChI is InChI=1S/C20H22ClNO5S/c1-26-18-7-6-14(10-19(18)27-2)12-22(17-8-9-28(24,25)13-17)20(23)15-4-3-5-16(21)11-15/h3-7,10-11,17H,8-9,12-13H2,1-2H3/t17-/m0/s1. The first-order valence-corrected chi connectivity index (χ1v) is 11.0. The summed E-state index contributed by atoms with van der Waals surface area (Å²) in [6.07, 6.45) is 0.419. The largest absolute Gasteiger partial charge is 0.493 e. The highest BCUT2D eigenvalue weighted by molar-refractivity contribution is 7.91. The molecule has 6 nitrogen and oxygen atoms in total. The maximum atomic E-state index is 13.2. The number of methoxy groups -OCH3 is 2. The first-order chi connectivity index (χ1) is 13.3. The van der Waals surface area contributed by atoms with Crippen LogP contribution in [0.2, 0.25) is 5.02 Å². The second-order valence-corrected chi connectivity index (χ2v) is 9.35. The minimum absolute atomic E-state index is 0.0351. The average Bonchev–Trinajstić information content (AvgIpc) is 3.04. The van der Waals surface area contributed by atoms with Crippen molar-refractivity contribution in [2.24, 2.45) is 0 Å². The summed E-state index contributed by atoms with van der Waals surface area (Å²) in [4.78, 5) is 14.8. The molecule has 0 radical (unpaired) electrons. The van der Waals surface area contributed by atoms with E-state index in [1.165, 1.54) is 0 Å². The molecule has 8 heteroatoms. The van der Waals surface area contributed by atoms with Gasteiger partial charge in [-0.2, -0.15) is 0 Å². The monoisotopic (exact) mass is 423 g/mol. The van der Waals surface area contributed by atoms with Crippen LogP contribution in [-0.2, 0) is 16.4 Å². The summed E-state index contributed by atoms with van der Waals surface area (Å²) in [5, 5.41) is 0.455. The molecule has 1 aliphatic rings. The highest BCUT2D eigenvalue weighted by Gasteiger charge is 2.35. The number of hydrogen-bond donors (Lipinski definition) is 0. The molecule has 1 atom stereocenters. The molecule has 0 aliphatic carbocycles. The molecular weight excluding hydrogens is 402 g/mol. The van der Waals surface area contributed by atoms with Gasteiger partial charge >= 0.3 is 0 Å². The van der Waals surface area contributed by atoms with Crippen LogP contribution in [0.3, 0.4) is 0 Å². The Morgan fingerprint density at radius 2 is 1.89 bits per heavy atom. The third-order valence-electron chi connectivity index (χ3n) is 4.78. The van der Waals surface area contributed by atoms with E-state index in [0.29, 0.717) is 28.5 Å². The maximum Gasteiger partial charge on any atom is 0.254 e. The normalized spacial score (nSPS) is 17.9. The van der Waals surface area contributed by atoms with Crippen molar-refractivity contribution < 1.29 is 22.7 Å². The minimum atomic E-state index is -3.14. The van der Waals surface area contributed by atoms with Gasteiger partial charge in [-0.05, 0) is 42.3 Å². The van der Waals surface area contributed by atoms with Crippen LogP contribution in [0.25, 0.3) is 0 Å². The molecule has 2 aromatic rings. The molecule has 1 aliphatic heterocycles. The summed E-state index contributed by atoms with van der Waals surface area (Å²) >= 11 is 6.03. The van der Waals surface area contributed by atoms with E-state index in [2.05, 4.69) is 0 Å². The molecule has 0 spiro atoms. The van der Waals surface area contributed by atoms with Gasteiger partial charge in [0.25, 0.3) is 5.91 Å². The summed E-state index contributed by atoms with van der Waals surface area (Å²) < 4.78 is 34.6. The molecule has 0 unspecified atom stereocenters. The van der Waals surface area contributed by atoms with Crippen LogP contribution >= 0.6 is 11.6 Å². The number of rotatable bonds is 6. The van der Waals surface area contributed by atoms with E-state index >= 15 is 0 Å². The summed E-state index contributed by atoms with van der Waals surface area (Å²) in [5.41, 5.74) is 1.25. The first kappa shape index (κ1) is 20.5. The van der Waals surface area contributed by atoms with E-state index < -0.39 is 9.84 Å². The zero-order valence-corrected chi connectivity index (χ0v) is 17.3. The van der Waals surface area contributed by atoms with Gasteiger partial charge in [-0.15, -0.1) is 0 Å². The van der Waals surface area contributed by atoms with Crippen molar-refractivity contribution in [1.29, 1.82) is 0 Å². The second kappa shape index (κ2) is 8.41. The molecule has 1 saturated heterocycles. The van der Waals surface area contributed by atoms with Crippen LogP contribution in [0.5, 0.6) is 11.5 Å². The highest BCUT2D eigenvalue weighted by Crippen LogP contribution is 2.30. The molecule has 1 heterocycles. The number of sulfone groups is 1. The quantitative estimate of drug-likeness (QED) is 0.713. The Hall–Kier alpha value is -2.25. The third kappa shape index (κ3) is 4.59. The van der Waals surface area contributed by atoms with Gasteiger partial charge < -0.3 is 14.4 Å². The van der Waals surface area contributed by atoms with Gasteiger partial charge in [-0.25, -0.2) is 8.42 Å². The Bertz CT molecular complexity index is 976. The van der Waals surface area contributed by atoms with Gasteiger partial charge in [-0.3, -0.25) is 4.79 Å². The van der Waals surface area contributed by atoms with Crippen molar-refractivity contribution >= 4 is 27.3 Å². The Morgan fingerprint density at radius 3 is 2.50 bits per heavy atom. The Kier molecular flexibility index (Phi) is 6.15. The molecule has 150 valence electrons. The molecule has 0 saturated carbocycles. The van der Waals surface area contributed by atoms with E-state index in [1.54, 1.807) is 55.5 Å². The predicted octanol–water partition coefficient (Wildman–Crippen LogP) is 3.19. The van der Waals surface area contributed by atoms with Crippen LogP contribution in [0.4, 0.5) is 0 Å². The number of benzene rings is 2. The predicted molar refractivity (Wildman–Crippen MR) is 108 cm³/mol. The van der Waals surface area contributed by atoms with Crippen LogP contribution in [0.1, 0.15) is 22.3 Å². The molecule has 0 aromatic heterocycles. The van der Waals surface area contributed by atoms with Crippen molar-refractivity contribution in [3.05, 3.63) is 58.6 Å². The summed E-state index contributed by atoms with van der Waals surface area (Å²) in [6, 6.07) is 11.7. The highest BCUT2D eigenvalue weighted by atomic mass is 35.5. The lowest BCUT2D eigenvalue weighted by molar-refractivity contribution is 0.0680. The van der Waals surface area contributed by atoms with Gasteiger partial charge in [0, 0.05) is 23.2 Å². The fourth-order valence-electron chi connectivity index (χ4n) is 3.35. The summed E-state index contributed by atoms with van der Waals surface area (Å²) in [5.74, 6) is 0.936. The number of carbonyl (C=O) groups excluding carboxylic acids is 1. The van der Waals surface area contributed by atoms with Crippen molar-refractivity contribution in [3.63, 3.8) is 0 Å². The minimum Gasteiger partial charge on any atom is -0.493 e. The number of halogens is 1. The van der Waals surface area contributed by atoms with E-state index in [9.17, 15) is 13.2 Å². The number of amides is 1. The lowest BCUT2D eigenvalue weighted by atomic mass is 10.1. The fourth-order valence-corrected chi connectivity index (χ4v) is 5.27. The van der Waals surface area contributed by atoms with Gasteiger partial charge in [-0.1, -0.05) is 23.7 Å². The molecule has 28 heavy (non-hydrogen) atoms. The lowest BCUT2D eigenvalue weighted by Crippen LogP contribution is -2.40. The lowest BCUT2D eigenvalue weighted by Gasteiger charge is -2.29. The smallest absolute Gasteiger partial charge is 0.254 e. The van der Waals surface area contributed by atoms with Crippen molar-refractivity contribution in [2.45, 2.75) is 19.0 Å². The average molecular weight is 424 g/mol. The van der Waals surface area contributed by atoms with Crippen molar-refractivity contribution in [3.8, 4) is 11.5 Å². The summed E-state index contributed by atoms with van der Waals surface area (Å²) in [7, 11) is -0.0516. The number of nitrogens with zero attached hydrogens (tertiary/aromatic N) is 1. The van der Waals surface area contributed by atoms with E-state index in [0.717, 1.165) is 5.56 Å². The fraction of sp³-hybridized carbons (Fsp3) is 0.350. The zero-order chi connectivity index (χ0) is 20.3. The Balaban J connectivity index is 1.94. The molecule has 2 aromatic carbocycles. The second-order valence-electron chi connectivity index (χ2n) is 6.69. The number of hydrogen-bond acceptors (Lipinski definition) is 5. The third-order valence-corrected chi connectivity index (χ3v) is 6.77. The molecule has 1 amide bonds. The van der Waals surface area contributed by atoms with Gasteiger partial charge in [0.05, 0.1) is 25.7 Å². The maximum absolute atomic E-state index is 13.2. The van der Waals surface area contributed by atoms with Crippen LogP contribution in [-0.4, -0.2) is 51.0 Å². The Labute approximate surface area is 169 Å². The van der Waals surface area contributed by atoms with Crippen LogP contribution in [0.15, 0.2) is 42.5 Å². The van der Waals surface area contributed by atoms with Crippen molar-refractivity contribution in [1.82, 2.24) is 4.90 Å². The molecule has 0 N–H and O–H groups in total. The van der Waals surface area contributed by atoms with Gasteiger partial charge in [0.2, 0.25) is 0 Å². The van der Waals surface area contributed by atoms with Crippen molar-refractivity contribution in [2.75, 3.05) is 25.7 Å². The SMILES string of the molecule is COc1ccc(CN(C(=O)c2cccc(Cl)c2)[C@H]2CCS(=O)(=O)C2)cc1OC. The molecule has 0 bridgehead atoms. The number of ether oxygens (including phenoxy) is 2. The van der Waals surface area contributed by atoms with Gasteiger partial charge in [0.1, 0.15) is 0 Å². The Morgan fingerprint density at radius 1 is 1.14 bits per heavy atom. The van der Waals surface area contributed by atoms with E-state index in [4.69, 9.17) is 21.1 Å². The first-order valence-electron chi connectivity index (χ1n) is 8.81. The molecule has 3 rings (SSSR count). The van der Waals surface area contributed by atoms with Crippen LogP contribution < -0.4 is 9.47 Å². The number of carbonyl (C=O) groups is 1. The van der Waals surface area contributed by atoms with E-state index in [1.807, 2.05) is 6.07 Å². The molecule has 1 fully saturated rings. The van der Waals surface area contributed by atoms with Crippen LogP contribution in [0, 0.1) is 0 Å². The molecular formula is C20H22ClNO5S.